The molecule has 3 rings (SSSR count). The minimum atomic E-state index is -4.51. The van der Waals surface area contributed by atoms with Gasteiger partial charge in [0.2, 0.25) is 0 Å². The van der Waals surface area contributed by atoms with Crippen molar-refractivity contribution >= 4 is 5.65 Å². The van der Waals surface area contributed by atoms with Gasteiger partial charge in [0, 0.05) is 24.2 Å². The summed E-state index contributed by atoms with van der Waals surface area (Å²) < 4.78 is 47.9. The lowest BCUT2D eigenvalue weighted by Gasteiger charge is -2.19. The Balaban J connectivity index is 1.94. The van der Waals surface area contributed by atoms with E-state index in [1.165, 1.54) is 16.8 Å². The molecular formula is C20H22F3N3O. The van der Waals surface area contributed by atoms with E-state index < -0.39 is 11.7 Å². The van der Waals surface area contributed by atoms with Crippen LogP contribution in [0.2, 0.25) is 0 Å². The van der Waals surface area contributed by atoms with Gasteiger partial charge in [0.15, 0.2) is 5.65 Å². The van der Waals surface area contributed by atoms with Gasteiger partial charge in [-0.05, 0) is 42.0 Å². The number of hydrogen-bond donors (Lipinski definition) is 0. The third kappa shape index (κ3) is 4.40. The summed E-state index contributed by atoms with van der Waals surface area (Å²) in [6.07, 6.45) is 1.14. The second-order valence-corrected chi connectivity index (χ2v) is 7.19. The van der Waals surface area contributed by atoms with Crippen LogP contribution in [-0.2, 0) is 6.18 Å². The summed E-state index contributed by atoms with van der Waals surface area (Å²) in [6, 6.07) is 5.79. The lowest BCUT2D eigenvalue weighted by molar-refractivity contribution is -0.139. The van der Waals surface area contributed by atoms with Crippen LogP contribution in [0.25, 0.3) is 16.8 Å². The number of rotatable bonds is 6. The zero-order chi connectivity index (χ0) is 19.6. The van der Waals surface area contributed by atoms with Crippen LogP contribution in [0, 0.1) is 11.8 Å². The van der Waals surface area contributed by atoms with Gasteiger partial charge in [0.25, 0.3) is 0 Å². The number of alkyl halides is 3. The van der Waals surface area contributed by atoms with Crippen LogP contribution in [-0.4, -0.2) is 21.2 Å². The molecule has 0 saturated carbocycles. The average molecular weight is 377 g/mol. The quantitative estimate of drug-likeness (QED) is 0.571. The topological polar surface area (TPSA) is 39.4 Å². The molecule has 0 aliphatic heterocycles. The summed E-state index contributed by atoms with van der Waals surface area (Å²) in [5.74, 6) is 0.502. The Labute approximate surface area is 156 Å². The van der Waals surface area contributed by atoms with E-state index in [1.807, 2.05) is 6.92 Å². The lowest BCUT2D eigenvalue weighted by Crippen LogP contribution is -2.14. The van der Waals surface area contributed by atoms with Gasteiger partial charge >= 0.3 is 6.18 Å². The molecular weight excluding hydrogens is 355 g/mol. The second-order valence-electron chi connectivity index (χ2n) is 7.19. The third-order valence-electron chi connectivity index (χ3n) is 4.29. The molecule has 0 aliphatic carbocycles. The minimum absolute atomic E-state index is 0.143. The first-order chi connectivity index (χ1) is 12.8. The molecule has 0 spiro atoms. The van der Waals surface area contributed by atoms with Crippen molar-refractivity contribution in [1.82, 2.24) is 14.6 Å². The number of ether oxygens (including phenoxy) is 1. The van der Waals surface area contributed by atoms with Gasteiger partial charge in [0.05, 0.1) is 12.2 Å². The Morgan fingerprint density at radius 1 is 1.11 bits per heavy atom. The number of hydrogen-bond acceptors (Lipinski definition) is 3. The lowest BCUT2D eigenvalue weighted by atomic mass is 10.00. The van der Waals surface area contributed by atoms with Gasteiger partial charge in [-0.3, -0.25) is 0 Å². The fourth-order valence-corrected chi connectivity index (χ4v) is 3.21. The van der Waals surface area contributed by atoms with Gasteiger partial charge in [-0.2, -0.15) is 18.3 Å². The Hall–Kier alpha value is -2.57. The molecule has 144 valence electrons. The first-order valence-corrected chi connectivity index (χ1v) is 8.88. The monoisotopic (exact) mass is 377 g/mol. The van der Waals surface area contributed by atoms with Crippen molar-refractivity contribution < 1.29 is 17.9 Å². The van der Waals surface area contributed by atoms with Gasteiger partial charge in [-0.1, -0.05) is 26.8 Å². The summed E-state index contributed by atoms with van der Waals surface area (Å²) in [5, 5.41) is 4.10. The van der Waals surface area contributed by atoms with Crippen LogP contribution >= 0.6 is 0 Å². The highest BCUT2D eigenvalue weighted by Gasteiger charge is 2.35. The highest BCUT2D eigenvalue weighted by molar-refractivity contribution is 5.77. The summed E-state index contributed by atoms with van der Waals surface area (Å²) >= 11 is 0. The predicted octanol–water partition coefficient (Wildman–Crippen LogP) is 5.48. The molecule has 0 saturated heterocycles. The van der Waals surface area contributed by atoms with E-state index in [4.69, 9.17) is 4.74 Å². The molecule has 1 aromatic carbocycles. The highest BCUT2D eigenvalue weighted by Crippen LogP contribution is 2.39. The number of aromatic nitrogens is 3. The molecule has 3 aromatic rings. The number of benzene rings is 1. The summed E-state index contributed by atoms with van der Waals surface area (Å²) in [7, 11) is 0. The first-order valence-electron chi connectivity index (χ1n) is 8.88. The maximum atomic E-state index is 13.6. The molecule has 0 aliphatic rings. The maximum absolute atomic E-state index is 13.6. The van der Waals surface area contributed by atoms with E-state index in [1.54, 1.807) is 24.5 Å². The molecule has 1 atom stereocenters. The zero-order valence-corrected chi connectivity index (χ0v) is 15.5. The predicted molar refractivity (Wildman–Crippen MR) is 97.5 cm³/mol. The zero-order valence-electron chi connectivity index (χ0n) is 15.5. The second kappa shape index (κ2) is 7.58. The van der Waals surface area contributed by atoms with E-state index >= 15 is 0 Å². The highest BCUT2D eigenvalue weighted by atomic mass is 19.4. The molecule has 7 heteroatoms. The summed E-state index contributed by atoms with van der Waals surface area (Å²) in [5.41, 5.74) is 0.729. The van der Waals surface area contributed by atoms with Crippen molar-refractivity contribution in [1.29, 1.82) is 0 Å². The maximum Gasteiger partial charge on any atom is 0.419 e. The molecule has 0 amide bonds. The number of fused-ring (bicyclic) bond motifs is 1. The fraction of sp³-hybridized carbons (Fsp3) is 0.400. The van der Waals surface area contributed by atoms with Crippen molar-refractivity contribution in [2.24, 2.45) is 11.8 Å². The largest absolute Gasteiger partial charge is 0.493 e. The standard InChI is InChI=1S/C20H22F3N3O/c1-13(2)10-14(3)12-27-18-5-4-15(11-17(18)20(21,22)23)16-6-7-25-26-9-8-24-19(16)26/h4-9,11,13-14H,10,12H2,1-3H3/t14-/m0/s1. The van der Waals surface area contributed by atoms with Gasteiger partial charge in [-0.25, -0.2) is 9.50 Å². The normalized spacial score (nSPS) is 13.3. The van der Waals surface area contributed by atoms with Crippen LogP contribution in [0.4, 0.5) is 13.2 Å². The fourth-order valence-electron chi connectivity index (χ4n) is 3.21. The van der Waals surface area contributed by atoms with Crippen LogP contribution in [0.3, 0.4) is 0 Å². The van der Waals surface area contributed by atoms with Gasteiger partial charge in [-0.15, -0.1) is 0 Å². The van der Waals surface area contributed by atoms with E-state index in [0.29, 0.717) is 22.7 Å². The molecule has 0 unspecified atom stereocenters. The van der Waals surface area contributed by atoms with E-state index in [2.05, 4.69) is 23.9 Å². The van der Waals surface area contributed by atoms with Crippen LogP contribution in [0.1, 0.15) is 32.8 Å². The third-order valence-corrected chi connectivity index (χ3v) is 4.29. The van der Waals surface area contributed by atoms with E-state index in [-0.39, 0.29) is 18.3 Å². The molecule has 0 bridgehead atoms. The molecule has 2 heterocycles. The summed E-state index contributed by atoms with van der Waals surface area (Å²) in [6.45, 7) is 6.39. The van der Waals surface area contributed by atoms with Crippen molar-refractivity contribution in [3.8, 4) is 16.9 Å². The van der Waals surface area contributed by atoms with Gasteiger partial charge < -0.3 is 4.74 Å². The molecule has 0 radical (unpaired) electrons. The molecule has 2 aromatic heterocycles. The first kappa shape index (κ1) is 19.2. The molecule has 0 N–H and O–H groups in total. The average Bonchev–Trinajstić information content (AvgIpc) is 3.07. The number of nitrogens with zero attached hydrogens (tertiary/aromatic N) is 3. The van der Waals surface area contributed by atoms with Gasteiger partial charge in [0.1, 0.15) is 5.75 Å². The Kier molecular flexibility index (Phi) is 5.39. The number of halogens is 3. The Bertz CT molecular complexity index is 918. The summed E-state index contributed by atoms with van der Waals surface area (Å²) in [4.78, 5) is 4.18. The smallest absolute Gasteiger partial charge is 0.419 e. The van der Waals surface area contributed by atoms with E-state index in [0.717, 1.165) is 12.5 Å². The minimum Gasteiger partial charge on any atom is -0.493 e. The number of imidazole rings is 1. The Morgan fingerprint density at radius 3 is 2.59 bits per heavy atom. The van der Waals surface area contributed by atoms with Crippen molar-refractivity contribution in [2.75, 3.05) is 6.61 Å². The molecule has 4 nitrogen and oxygen atoms in total. The molecule has 0 fully saturated rings. The van der Waals surface area contributed by atoms with Crippen molar-refractivity contribution in [3.05, 3.63) is 48.4 Å². The SMILES string of the molecule is CC(C)C[C@H](C)COc1ccc(-c2ccnn3ccnc23)cc1C(F)(F)F. The van der Waals surface area contributed by atoms with Crippen LogP contribution in [0.15, 0.2) is 42.9 Å². The van der Waals surface area contributed by atoms with Crippen LogP contribution in [0.5, 0.6) is 5.75 Å². The van der Waals surface area contributed by atoms with Crippen molar-refractivity contribution in [3.63, 3.8) is 0 Å². The molecule has 27 heavy (non-hydrogen) atoms. The van der Waals surface area contributed by atoms with E-state index in [9.17, 15) is 13.2 Å². The van der Waals surface area contributed by atoms with Crippen molar-refractivity contribution in [2.45, 2.75) is 33.4 Å². The Morgan fingerprint density at radius 2 is 1.89 bits per heavy atom. The van der Waals surface area contributed by atoms with Crippen LogP contribution < -0.4 is 4.74 Å².